The van der Waals surface area contributed by atoms with Crippen LogP contribution in [-0.2, 0) is 56.0 Å². The van der Waals surface area contributed by atoms with Gasteiger partial charge in [0.05, 0.1) is 13.1 Å². The third-order valence-corrected chi connectivity index (χ3v) is 9.66. The van der Waals surface area contributed by atoms with Crippen LogP contribution in [0, 0.1) is 17.8 Å². The molecule has 8 amide bonds. The lowest BCUT2D eigenvalue weighted by Crippen LogP contribution is -2.59. The van der Waals surface area contributed by atoms with Gasteiger partial charge in [-0.3, -0.25) is 43.2 Å². The van der Waals surface area contributed by atoms with E-state index < -0.39 is 103 Å². The Kier molecular flexibility index (Phi) is 23.2. The van der Waals surface area contributed by atoms with Crippen molar-refractivity contribution >= 4 is 53.2 Å². The Morgan fingerprint density at radius 1 is 0.453 bits per heavy atom. The van der Waals surface area contributed by atoms with E-state index in [-0.39, 0.29) is 56.4 Å². The van der Waals surface area contributed by atoms with Gasteiger partial charge in [-0.1, -0.05) is 102 Å². The van der Waals surface area contributed by atoms with Crippen LogP contribution in [-0.4, -0.2) is 114 Å². The molecule has 352 valence electrons. The summed E-state index contributed by atoms with van der Waals surface area (Å²) in [5, 5.41) is 29.7. The number of nitrogens with one attached hydrogen (secondary N) is 8. The van der Waals surface area contributed by atoms with Crippen molar-refractivity contribution in [3.8, 4) is 0 Å². The molecule has 2 rings (SSSR count). The van der Waals surface area contributed by atoms with Crippen LogP contribution >= 0.6 is 0 Å². The largest absolute Gasteiger partial charge is 0.480 e. The lowest BCUT2D eigenvalue weighted by molar-refractivity contribution is -0.138. The number of aliphatic carboxylic acids is 1. The molecular weight excluding hydrogens is 827 g/mol. The molecule has 0 spiro atoms. The highest BCUT2D eigenvalue weighted by atomic mass is 16.4. The highest BCUT2D eigenvalue weighted by Gasteiger charge is 2.33. The van der Waals surface area contributed by atoms with Crippen LogP contribution in [0.1, 0.15) is 78.9 Å². The molecule has 0 aliphatic heterocycles. The van der Waals surface area contributed by atoms with E-state index in [1.807, 2.05) is 41.5 Å². The summed E-state index contributed by atoms with van der Waals surface area (Å²) >= 11 is 0. The van der Waals surface area contributed by atoms with E-state index in [0.29, 0.717) is 11.1 Å². The van der Waals surface area contributed by atoms with Crippen molar-refractivity contribution in [2.75, 3.05) is 19.6 Å². The topological polar surface area (TPSA) is 296 Å². The van der Waals surface area contributed by atoms with Crippen molar-refractivity contribution in [2.24, 2.45) is 23.5 Å². The zero-order valence-electron chi connectivity index (χ0n) is 37.8. The average molecular weight is 894 g/mol. The highest BCUT2D eigenvalue weighted by Crippen LogP contribution is 2.12. The summed E-state index contributed by atoms with van der Waals surface area (Å²) in [6.07, 6.45) is 0.565. The van der Waals surface area contributed by atoms with Crippen molar-refractivity contribution in [3.05, 3.63) is 71.8 Å². The minimum absolute atomic E-state index is 0.00103. The number of carbonyl (C=O) groups is 9. The first-order valence-electron chi connectivity index (χ1n) is 21.5. The van der Waals surface area contributed by atoms with Gasteiger partial charge in [-0.2, -0.15) is 0 Å². The maximum Gasteiger partial charge on any atom is 0.322 e. The monoisotopic (exact) mass is 894 g/mol. The summed E-state index contributed by atoms with van der Waals surface area (Å²) in [6, 6.07) is 10.8. The van der Waals surface area contributed by atoms with E-state index in [1.165, 1.54) is 6.92 Å². The minimum Gasteiger partial charge on any atom is -0.480 e. The van der Waals surface area contributed by atoms with Gasteiger partial charge in [0.1, 0.15) is 42.8 Å². The van der Waals surface area contributed by atoms with Crippen molar-refractivity contribution < 1.29 is 48.3 Å². The molecule has 0 saturated heterocycles. The predicted molar refractivity (Wildman–Crippen MR) is 239 cm³/mol. The number of hydrogen-bond acceptors (Lipinski definition) is 10. The first kappa shape index (κ1) is 53.8. The number of rotatable bonds is 27. The Labute approximate surface area is 375 Å². The lowest BCUT2D eigenvalue weighted by atomic mass is 9.99. The third-order valence-electron chi connectivity index (χ3n) is 9.66. The number of hydrogen-bond donors (Lipinski definition) is 10. The highest BCUT2D eigenvalue weighted by molar-refractivity contribution is 5.97. The number of benzene rings is 2. The van der Waals surface area contributed by atoms with Gasteiger partial charge in [-0.15, -0.1) is 0 Å². The van der Waals surface area contributed by atoms with Gasteiger partial charge in [0.25, 0.3) is 0 Å². The fourth-order valence-electron chi connectivity index (χ4n) is 6.53. The molecule has 0 aromatic heterocycles. The van der Waals surface area contributed by atoms with Crippen LogP contribution in [0.3, 0.4) is 0 Å². The second-order valence-corrected chi connectivity index (χ2v) is 17.0. The number of carboxylic acids is 1. The molecule has 0 radical (unpaired) electrons. The second kappa shape index (κ2) is 27.6. The van der Waals surface area contributed by atoms with Crippen LogP contribution in [0.2, 0.25) is 0 Å². The van der Waals surface area contributed by atoms with Gasteiger partial charge in [-0.05, 0) is 55.1 Å². The molecule has 0 bridgehead atoms. The van der Waals surface area contributed by atoms with Gasteiger partial charge in [0.15, 0.2) is 0 Å². The summed E-state index contributed by atoms with van der Waals surface area (Å²) in [7, 11) is 0. The van der Waals surface area contributed by atoms with E-state index in [2.05, 4.69) is 42.5 Å². The molecule has 2 aromatic rings. The normalized spacial score (nSPS) is 13.9. The zero-order valence-corrected chi connectivity index (χ0v) is 37.8. The molecule has 0 aliphatic rings. The van der Waals surface area contributed by atoms with Gasteiger partial charge in [0.2, 0.25) is 47.3 Å². The van der Waals surface area contributed by atoms with E-state index in [9.17, 15) is 43.2 Å². The van der Waals surface area contributed by atoms with E-state index in [1.54, 1.807) is 60.7 Å². The Balaban J connectivity index is 2.31. The molecule has 0 fully saturated rings. The minimum atomic E-state index is -1.26. The SMILES string of the molecule is CC(C)C[C@H](NC(=O)[C@H](C)NC(=O)CN)C(=O)N[C@@H](CC(C)C)C(=O)N[C@@H](Cc1ccccc1)C(=O)NCC(=O)N[C@@H](Cc1ccccc1)C(=O)N[C@@H](CC(C)C)C(=O)NCC(=O)O. The molecule has 19 heteroatoms. The fraction of sp³-hybridized carbons (Fsp3) is 0.533. The van der Waals surface area contributed by atoms with Crippen LogP contribution in [0.4, 0.5) is 0 Å². The fourth-order valence-corrected chi connectivity index (χ4v) is 6.53. The lowest BCUT2D eigenvalue weighted by Gasteiger charge is -2.27. The van der Waals surface area contributed by atoms with Crippen LogP contribution < -0.4 is 48.3 Å². The Bertz CT molecular complexity index is 1880. The van der Waals surface area contributed by atoms with E-state index in [0.717, 1.165) is 0 Å². The smallest absolute Gasteiger partial charge is 0.322 e. The van der Waals surface area contributed by atoms with Gasteiger partial charge in [0, 0.05) is 12.8 Å². The van der Waals surface area contributed by atoms with Crippen LogP contribution in [0.5, 0.6) is 0 Å². The third kappa shape index (κ3) is 20.7. The molecule has 19 nitrogen and oxygen atoms in total. The van der Waals surface area contributed by atoms with Gasteiger partial charge < -0.3 is 53.4 Å². The molecule has 0 aliphatic carbocycles. The summed E-state index contributed by atoms with van der Waals surface area (Å²) < 4.78 is 0. The van der Waals surface area contributed by atoms with Crippen LogP contribution in [0.15, 0.2) is 60.7 Å². The van der Waals surface area contributed by atoms with Crippen molar-refractivity contribution in [2.45, 2.75) is 117 Å². The Morgan fingerprint density at radius 2 is 0.812 bits per heavy atom. The molecule has 64 heavy (non-hydrogen) atoms. The summed E-state index contributed by atoms with van der Waals surface area (Å²) in [5.41, 5.74) is 6.71. The average Bonchev–Trinajstić information content (AvgIpc) is 3.23. The number of nitrogens with two attached hydrogens (primary N) is 1. The first-order valence-corrected chi connectivity index (χ1v) is 21.5. The number of carboxylic acid groups (broad SMARTS) is 1. The molecule has 0 heterocycles. The zero-order chi connectivity index (χ0) is 47.9. The molecule has 6 atom stereocenters. The standard InChI is InChI=1S/C45H67N9O10/c1-26(2)18-32(41(60)48-25-39(57)58)52-45(64)36(22-31-16-12-9-13-17-31)50-38(56)24-47-42(61)35(21-30-14-10-8-11-15-30)54-44(63)34(20-28(5)6)53-43(62)33(19-27(3)4)51-40(59)29(7)49-37(55)23-46/h8-17,26-29,32-36H,18-25,46H2,1-7H3,(H,47,61)(H,48,60)(H,49,55)(H,50,56)(H,51,59)(H,52,64)(H,53,62)(H,54,63)(H,57,58)/t29-,32-,33-,34-,35-,36-/m0/s1. The van der Waals surface area contributed by atoms with E-state index >= 15 is 0 Å². The molecule has 0 saturated carbocycles. The van der Waals surface area contributed by atoms with Crippen molar-refractivity contribution in [1.82, 2.24) is 42.5 Å². The van der Waals surface area contributed by atoms with Gasteiger partial charge in [-0.25, -0.2) is 0 Å². The van der Waals surface area contributed by atoms with E-state index in [4.69, 9.17) is 10.8 Å². The summed E-state index contributed by atoms with van der Waals surface area (Å²) in [6.45, 7) is 10.9. The maximum atomic E-state index is 14.0. The van der Waals surface area contributed by atoms with Crippen molar-refractivity contribution in [1.29, 1.82) is 0 Å². The molecular formula is C45H67N9O10. The Hall–Kier alpha value is -6.37. The molecule has 11 N–H and O–H groups in total. The van der Waals surface area contributed by atoms with Crippen LogP contribution in [0.25, 0.3) is 0 Å². The first-order chi connectivity index (χ1) is 30.2. The number of carbonyl (C=O) groups excluding carboxylic acids is 8. The summed E-state index contributed by atoms with van der Waals surface area (Å²) in [4.78, 5) is 118. The van der Waals surface area contributed by atoms with Gasteiger partial charge >= 0.3 is 5.97 Å². The summed E-state index contributed by atoms with van der Waals surface area (Å²) in [5.74, 6) is -6.92. The number of amides is 8. The van der Waals surface area contributed by atoms with Crippen molar-refractivity contribution in [3.63, 3.8) is 0 Å². The second-order valence-electron chi connectivity index (χ2n) is 17.0. The maximum absolute atomic E-state index is 14.0. The Morgan fingerprint density at radius 3 is 1.23 bits per heavy atom. The predicted octanol–water partition coefficient (Wildman–Crippen LogP) is -0.185. The quantitative estimate of drug-likeness (QED) is 0.0561. The molecule has 2 aromatic carbocycles. The molecule has 0 unspecified atom stereocenters.